The van der Waals surface area contributed by atoms with Crippen molar-refractivity contribution in [3.8, 4) is 11.6 Å². The average molecular weight is 366 g/mol. The maximum atomic E-state index is 12.4. The Morgan fingerprint density at radius 1 is 1.11 bits per heavy atom. The molecule has 7 heteroatoms. The molecule has 7 nitrogen and oxygen atoms in total. The summed E-state index contributed by atoms with van der Waals surface area (Å²) in [5.41, 5.74) is 1.97. The Balaban J connectivity index is 1.34. The molecule has 1 aromatic carbocycles. The Hall–Kier alpha value is -3.09. The summed E-state index contributed by atoms with van der Waals surface area (Å²) in [6.45, 7) is 5.20. The monoisotopic (exact) mass is 366 g/mol. The molecule has 1 saturated heterocycles. The number of hydrogen-bond acceptors (Lipinski definition) is 5. The van der Waals surface area contributed by atoms with Crippen LogP contribution in [0.5, 0.6) is 0 Å². The molecular weight excluding hydrogens is 344 g/mol. The number of carbonyl (C=O) groups excluding carboxylic acids is 1. The second-order valence-electron chi connectivity index (χ2n) is 6.92. The number of urea groups is 1. The van der Waals surface area contributed by atoms with E-state index in [2.05, 4.69) is 15.5 Å². The third-order valence-electron chi connectivity index (χ3n) is 4.84. The predicted molar refractivity (Wildman–Crippen MR) is 100 cm³/mol. The van der Waals surface area contributed by atoms with E-state index in [0.717, 1.165) is 29.9 Å². The smallest absolute Gasteiger partial charge is 0.321 e. The van der Waals surface area contributed by atoms with E-state index in [4.69, 9.17) is 8.94 Å². The maximum absolute atomic E-state index is 12.4. The number of nitrogens with zero attached hydrogens (tertiary/aromatic N) is 3. The summed E-state index contributed by atoms with van der Waals surface area (Å²) in [5.74, 6) is 2.66. The van der Waals surface area contributed by atoms with Crippen molar-refractivity contribution in [2.45, 2.75) is 32.6 Å². The summed E-state index contributed by atoms with van der Waals surface area (Å²) in [6, 6.07) is 11.4. The standard InChI is InChI=1S/C20H22N4O3/c1-13-3-6-16(7-4-13)21-20(25)24-11-9-15(10-12-24)19-22-18(23-27-19)17-8-5-14(2)26-17/h3-8,15H,9-12H2,1-2H3,(H,21,25). The van der Waals surface area contributed by atoms with E-state index in [9.17, 15) is 4.79 Å². The van der Waals surface area contributed by atoms with Gasteiger partial charge in [-0.05, 0) is 51.0 Å². The van der Waals surface area contributed by atoms with E-state index >= 15 is 0 Å². The first-order chi connectivity index (χ1) is 13.1. The van der Waals surface area contributed by atoms with E-state index in [1.807, 2.05) is 55.1 Å². The number of benzene rings is 1. The molecule has 1 N–H and O–H groups in total. The normalized spacial score (nSPS) is 15.1. The Morgan fingerprint density at radius 3 is 2.52 bits per heavy atom. The fourth-order valence-electron chi connectivity index (χ4n) is 3.22. The molecule has 4 rings (SSSR count). The predicted octanol–water partition coefficient (Wildman–Crippen LogP) is 4.36. The minimum atomic E-state index is -0.0745. The van der Waals surface area contributed by atoms with Crippen molar-refractivity contribution < 1.29 is 13.7 Å². The number of rotatable bonds is 3. The van der Waals surface area contributed by atoms with Gasteiger partial charge in [0, 0.05) is 24.7 Å². The Bertz CT molecular complexity index is 921. The lowest BCUT2D eigenvalue weighted by atomic mass is 9.97. The van der Waals surface area contributed by atoms with Gasteiger partial charge in [0.15, 0.2) is 5.76 Å². The quantitative estimate of drug-likeness (QED) is 0.744. The highest BCUT2D eigenvalue weighted by Gasteiger charge is 2.28. The van der Waals surface area contributed by atoms with Gasteiger partial charge >= 0.3 is 6.03 Å². The van der Waals surface area contributed by atoms with Crippen molar-refractivity contribution in [1.29, 1.82) is 0 Å². The van der Waals surface area contributed by atoms with Crippen LogP contribution in [-0.2, 0) is 0 Å². The number of nitrogens with one attached hydrogen (secondary N) is 1. The molecule has 1 fully saturated rings. The Morgan fingerprint density at radius 2 is 1.85 bits per heavy atom. The van der Waals surface area contributed by atoms with Gasteiger partial charge in [-0.3, -0.25) is 0 Å². The van der Waals surface area contributed by atoms with Gasteiger partial charge in [-0.25, -0.2) is 4.79 Å². The van der Waals surface area contributed by atoms with E-state index in [1.165, 1.54) is 0 Å². The summed E-state index contributed by atoms with van der Waals surface area (Å²) in [5, 5.41) is 6.96. The van der Waals surface area contributed by atoms with E-state index in [0.29, 0.717) is 30.6 Å². The molecule has 2 aromatic heterocycles. The van der Waals surface area contributed by atoms with Crippen LogP contribution in [-0.4, -0.2) is 34.2 Å². The molecule has 3 heterocycles. The van der Waals surface area contributed by atoms with Gasteiger partial charge in [0.05, 0.1) is 0 Å². The molecule has 0 saturated carbocycles. The van der Waals surface area contributed by atoms with Crippen LogP contribution in [0, 0.1) is 13.8 Å². The van der Waals surface area contributed by atoms with E-state index in [1.54, 1.807) is 0 Å². The zero-order valence-corrected chi connectivity index (χ0v) is 15.4. The number of carbonyl (C=O) groups is 1. The zero-order chi connectivity index (χ0) is 18.8. The first-order valence-corrected chi connectivity index (χ1v) is 9.11. The molecule has 27 heavy (non-hydrogen) atoms. The number of aromatic nitrogens is 2. The summed E-state index contributed by atoms with van der Waals surface area (Å²) in [6.07, 6.45) is 1.58. The first kappa shape index (κ1) is 17.3. The highest BCUT2D eigenvalue weighted by Crippen LogP contribution is 2.29. The fraction of sp³-hybridized carbons (Fsp3) is 0.350. The number of likely N-dealkylation sites (tertiary alicyclic amines) is 1. The molecule has 0 unspecified atom stereocenters. The van der Waals surface area contributed by atoms with Crippen LogP contribution in [0.4, 0.5) is 10.5 Å². The lowest BCUT2D eigenvalue weighted by molar-refractivity contribution is 0.187. The second-order valence-corrected chi connectivity index (χ2v) is 6.92. The molecule has 0 atom stereocenters. The van der Waals surface area contributed by atoms with Gasteiger partial charge in [0.25, 0.3) is 0 Å². The molecule has 2 amide bonds. The number of piperidine rings is 1. The fourth-order valence-corrected chi connectivity index (χ4v) is 3.22. The molecule has 140 valence electrons. The van der Waals surface area contributed by atoms with Crippen LogP contribution in [0.25, 0.3) is 11.6 Å². The first-order valence-electron chi connectivity index (χ1n) is 9.11. The topological polar surface area (TPSA) is 84.4 Å². The minimum absolute atomic E-state index is 0.0745. The lowest BCUT2D eigenvalue weighted by Gasteiger charge is -2.30. The second kappa shape index (κ2) is 7.26. The number of amides is 2. The number of hydrogen-bond donors (Lipinski definition) is 1. The number of anilines is 1. The average Bonchev–Trinajstić information content (AvgIpc) is 3.33. The van der Waals surface area contributed by atoms with Crippen LogP contribution >= 0.6 is 0 Å². The van der Waals surface area contributed by atoms with Crippen LogP contribution in [0.2, 0.25) is 0 Å². The van der Waals surface area contributed by atoms with E-state index in [-0.39, 0.29) is 11.9 Å². The van der Waals surface area contributed by atoms with Gasteiger partial charge in [-0.2, -0.15) is 4.98 Å². The largest absolute Gasteiger partial charge is 0.458 e. The molecule has 1 aliphatic rings. The minimum Gasteiger partial charge on any atom is -0.458 e. The van der Waals surface area contributed by atoms with Crippen molar-refractivity contribution in [1.82, 2.24) is 15.0 Å². The van der Waals surface area contributed by atoms with Gasteiger partial charge in [-0.15, -0.1) is 0 Å². The van der Waals surface area contributed by atoms with Crippen molar-refractivity contribution in [3.63, 3.8) is 0 Å². The molecule has 0 bridgehead atoms. The van der Waals surface area contributed by atoms with Gasteiger partial charge in [0.2, 0.25) is 11.7 Å². The van der Waals surface area contributed by atoms with Crippen LogP contribution < -0.4 is 5.32 Å². The van der Waals surface area contributed by atoms with Crippen molar-refractivity contribution in [3.05, 3.63) is 53.6 Å². The molecule has 0 aliphatic carbocycles. The highest BCUT2D eigenvalue weighted by molar-refractivity contribution is 5.89. The number of furan rings is 1. The third kappa shape index (κ3) is 3.86. The van der Waals surface area contributed by atoms with Crippen LogP contribution in [0.3, 0.4) is 0 Å². The van der Waals surface area contributed by atoms with Crippen molar-refractivity contribution in [2.24, 2.45) is 0 Å². The van der Waals surface area contributed by atoms with Crippen LogP contribution in [0.15, 0.2) is 45.3 Å². The molecule has 3 aromatic rings. The van der Waals surface area contributed by atoms with Gasteiger partial charge in [-0.1, -0.05) is 22.9 Å². The number of aryl methyl sites for hydroxylation is 2. The SMILES string of the molecule is Cc1ccc(NC(=O)N2CCC(c3nc(-c4ccc(C)o4)no3)CC2)cc1. The summed E-state index contributed by atoms with van der Waals surface area (Å²) in [4.78, 5) is 18.7. The molecular formula is C20H22N4O3. The summed E-state index contributed by atoms with van der Waals surface area (Å²) >= 11 is 0. The Labute approximate surface area is 157 Å². The van der Waals surface area contributed by atoms with Gasteiger partial charge in [0.1, 0.15) is 5.76 Å². The summed E-state index contributed by atoms with van der Waals surface area (Å²) in [7, 11) is 0. The molecule has 0 radical (unpaired) electrons. The summed E-state index contributed by atoms with van der Waals surface area (Å²) < 4.78 is 11.0. The maximum Gasteiger partial charge on any atom is 0.321 e. The molecule has 0 spiro atoms. The lowest BCUT2D eigenvalue weighted by Crippen LogP contribution is -2.40. The Kier molecular flexibility index (Phi) is 4.66. The van der Waals surface area contributed by atoms with Crippen LogP contribution in [0.1, 0.15) is 36.0 Å². The van der Waals surface area contributed by atoms with Gasteiger partial charge < -0.3 is 19.2 Å². The van der Waals surface area contributed by atoms with Crippen molar-refractivity contribution in [2.75, 3.05) is 18.4 Å². The third-order valence-corrected chi connectivity index (χ3v) is 4.84. The van der Waals surface area contributed by atoms with Crippen molar-refractivity contribution >= 4 is 11.7 Å². The highest BCUT2D eigenvalue weighted by atomic mass is 16.5. The van der Waals surface area contributed by atoms with E-state index < -0.39 is 0 Å². The zero-order valence-electron chi connectivity index (χ0n) is 15.4. The molecule has 1 aliphatic heterocycles.